The predicted octanol–water partition coefficient (Wildman–Crippen LogP) is 4.21. The minimum absolute atomic E-state index is 0.207. The molecule has 100 valence electrons. The summed E-state index contributed by atoms with van der Waals surface area (Å²) in [5.41, 5.74) is 2.79. The van der Waals surface area contributed by atoms with Crippen LogP contribution in [0.3, 0.4) is 0 Å². The first-order valence-corrected chi connectivity index (χ1v) is 5.99. The fraction of sp³-hybridized carbons (Fsp3) is 0.200. The molecule has 0 aromatic heterocycles. The number of alkyl halides is 2. The smallest absolute Gasteiger partial charge is 0.387 e. The van der Waals surface area contributed by atoms with Crippen LogP contribution in [-0.2, 0) is 6.54 Å². The van der Waals surface area contributed by atoms with Gasteiger partial charge in [-0.15, -0.1) is 0 Å². The maximum absolute atomic E-state index is 12.3. The van der Waals surface area contributed by atoms with E-state index in [1.54, 1.807) is 24.3 Å². The van der Waals surface area contributed by atoms with Crippen molar-refractivity contribution in [3.63, 3.8) is 0 Å². The van der Waals surface area contributed by atoms with Gasteiger partial charge in [-0.05, 0) is 24.6 Å². The molecule has 0 bridgehead atoms. The molecule has 2 nitrogen and oxygen atoms in total. The highest BCUT2D eigenvalue weighted by molar-refractivity contribution is 5.51. The molecule has 0 aliphatic rings. The van der Waals surface area contributed by atoms with Gasteiger partial charge in [-0.2, -0.15) is 8.78 Å². The third kappa shape index (κ3) is 3.68. The average molecular weight is 263 g/mol. The van der Waals surface area contributed by atoms with Crippen LogP contribution in [0.4, 0.5) is 14.5 Å². The molecule has 0 heterocycles. The molecule has 19 heavy (non-hydrogen) atoms. The quantitative estimate of drug-likeness (QED) is 0.872. The van der Waals surface area contributed by atoms with Gasteiger partial charge in [0.1, 0.15) is 5.75 Å². The van der Waals surface area contributed by atoms with Gasteiger partial charge in [0, 0.05) is 17.8 Å². The molecule has 2 aromatic rings. The number of aryl methyl sites for hydroxylation is 1. The summed E-state index contributed by atoms with van der Waals surface area (Å²) in [6, 6.07) is 14.6. The van der Waals surface area contributed by atoms with E-state index in [0.29, 0.717) is 12.1 Å². The van der Waals surface area contributed by atoms with Gasteiger partial charge in [-0.25, -0.2) is 0 Å². The molecule has 0 fully saturated rings. The van der Waals surface area contributed by atoms with E-state index in [1.165, 1.54) is 0 Å². The highest BCUT2D eigenvalue weighted by Crippen LogP contribution is 2.22. The number of ether oxygens (including phenoxy) is 1. The Balaban J connectivity index is 2.09. The molecule has 2 aromatic carbocycles. The van der Waals surface area contributed by atoms with Crippen LogP contribution in [0.15, 0.2) is 48.5 Å². The lowest BCUT2D eigenvalue weighted by Crippen LogP contribution is -2.07. The van der Waals surface area contributed by atoms with Gasteiger partial charge in [0.15, 0.2) is 0 Å². The SMILES string of the molecule is Cc1ccccc1NCc1ccccc1OC(F)F. The zero-order valence-electron chi connectivity index (χ0n) is 10.6. The van der Waals surface area contributed by atoms with Crippen molar-refractivity contribution in [3.8, 4) is 5.75 Å². The first kappa shape index (κ1) is 13.3. The number of nitrogens with one attached hydrogen (secondary N) is 1. The third-order valence-electron chi connectivity index (χ3n) is 2.80. The van der Waals surface area contributed by atoms with Gasteiger partial charge in [0.2, 0.25) is 0 Å². The maximum Gasteiger partial charge on any atom is 0.387 e. The molecule has 0 saturated carbocycles. The predicted molar refractivity (Wildman–Crippen MR) is 71.6 cm³/mol. The number of anilines is 1. The molecule has 0 unspecified atom stereocenters. The Bertz CT molecular complexity index is 543. The van der Waals surface area contributed by atoms with Crippen LogP contribution in [0.25, 0.3) is 0 Å². The Kier molecular flexibility index (Phi) is 4.34. The Morgan fingerprint density at radius 2 is 1.74 bits per heavy atom. The lowest BCUT2D eigenvalue weighted by atomic mass is 10.1. The van der Waals surface area contributed by atoms with Gasteiger partial charge in [0.05, 0.1) is 0 Å². The van der Waals surface area contributed by atoms with Crippen LogP contribution >= 0.6 is 0 Å². The highest BCUT2D eigenvalue weighted by atomic mass is 19.3. The summed E-state index contributed by atoms with van der Waals surface area (Å²) >= 11 is 0. The number of rotatable bonds is 5. The van der Waals surface area contributed by atoms with E-state index in [-0.39, 0.29) is 5.75 Å². The molecular weight excluding hydrogens is 248 g/mol. The van der Waals surface area contributed by atoms with E-state index in [4.69, 9.17) is 0 Å². The monoisotopic (exact) mass is 263 g/mol. The molecule has 4 heteroatoms. The molecule has 1 N–H and O–H groups in total. The van der Waals surface area contributed by atoms with Crippen LogP contribution in [0.5, 0.6) is 5.75 Å². The van der Waals surface area contributed by atoms with E-state index in [9.17, 15) is 8.78 Å². The van der Waals surface area contributed by atoms with Crippen LogP contribution in [0.1, 0.15) is 11.1 Å². The van der Waals surface area contributed by atoms with Crippen molar-refractivity contribution in [3.05, 3.63) is 59.7 Å². The van der Waals surface area contributed by atoms with E-state index in [0.717, 1.165) is 11.3 Å². The zero-order chi connectivity index (χ0) is 13.7. The largest absolute Gasteiger partial charge is 0.434 e. The van der Waals surface area contributed by atoms with Gasteiger partial charge in [0.25, 0.3) is 0 Å². The van der Waals surface area contributed by atoms with Crippen molar-refractivity contribution in [1.29, 1.82) is 0 Å². The summed E-state index contributed by atoms with van der Waals surface area (Å²) in [5, 5.41) is 3.22. The molecule has 0 spiro atoms. The summed E-state index contributed by atoms with van der Waals surface area (Å²) in [6.45, 7) is -0.378. The van der Waals surface area contributed by atoms with Crippen LogP contribution < -0.4 is 10.1 Å². The van der Waals surface area contributed by atoms with E-state index in [2.05, 4.69) is 10.1 Å². The summed E-state index contributed by atoms with van der Waals surface area (Å²) in [4.78, 5) is 0. The molecular formula is C15H15F2NO. The topological polar surface area (TPSA) is 21.3 Å². The Morgan fingerprint density at radius 1 is 1.05 bits per heavy atom. The molecule has 0 aliphatic carbocycles. The normalized spacial score (nSPS) is 10.5. The summed E-state index contributed by atoms with van der Waals surface area (Å²) < 4.78 is 29.1. The molecule has 0 saturated heterocycles. The minimum Gasteiger partial charge on any atom is -0.434 e. The van der Waals surface area contributed by atoms with Crippen molar-refractivity contribution in [2.24, 2.45) is 0 Å². The zero-order valence-corrected chi connectivity index (χ0v) is 10.6. The molecule has 0 aliphatic heterocycles. The van der Waals surface area contributed by atoms with Crippen molar-refractivity contribution in [2.45, 2.75) is 20.1 Å². The van der Waals surface area contributed by atoms with Crippen molar-refractivity contribution >= 4 is 5.69 Å². The van der Waals surface area contributed by atoms with Gasteiger partial charge < -0.3 is 10.1 Å². The number of halogens is 2. The first-order valence-electron chi connectivity index (χ1n) is 5.99. The minimum atomic E-state index is -2.81. The maximum atomic E-state index is 12.3. The summed E-state index contributed by atoms with van der Waals surface area (Å²) in [7, 11) is 0. The Hall–Kier alpha value is -2.10. The van der Waals surface area contributed by atoms with E-state index < -0.39 is 6.61 Å². The molecule has 2 rings (SSSR count). The van der Waals surface area contributed by atoms with E-state index >= 15 is 0 Å². The summed E-state index contributed by atoms with van der Waals surface area (Å²) in [5.74, 6) is 0.207. The number of hydrogen-bond donors (Lipinski definition) is 1. The van der Waals surface area contributed by atoms with Gasteiger partial charge >= 0.3 is 6.61 Å². The van der Waals surface area contributed by atoms with Gasteiger partial charge in [-0.1, -0.05) is 36.4 Å². The first-order chi connectivity index (χ1) is 9.16. The number of para-hydroxylation sites is 2. The van der Waals surface area contributed by atoms with Gasteiger partial charge in [-0.3, -0.25) is 0 Å². The van der Waals surface area contributed by atoms with Crippen molar-refractivity contribution in [1.82, 2.24) is 0 Å². The Labute approximate surface area is 111 Å². The number of hydrogen-bond acceptors (Lipinski definition) is 2. The fourth-order valence-electron chi connectivity index (χ4n) is 1.82. The molecule has 0 radical (unpaired) electrons. The fourth-order valence-corrected chi connectivity index (χ4v) is 1.82. The van der Waals surface area contributed by atoms with Crippen LogP contribution in [0, 0.1) is 6.92 Å². The standard InChI is InChI=1S/C15H15F2NO/c1-11-6-2-4-8-13(11)18-10-12-7-3-5-9-14(12)19-15(16)17/h2-9,15,18H,10H2,1H3. The lowest BCUT2D eigenvalue weighted by Gasteiger charge is -2.13. The highest BCUT2D eigenvalue weighted by Gasteiger charge is 2.08. The Morgan fingerprint density at radius 3 is 2.47 bits per heavy atom. The summed E-state index contributed by atoms with van der Waals surface area (Å²) in [6.07, 6.45) is 0. The molecule has 0 atom stereocenters. The van der Waals surface area contributed by atoms with Crippen molar-refractivity contribution < 1.29 is 13.5 Å². The number of benzene rings is 2. The average Bonchev–Trinajstić information content (AvgIpc) is 2.39. The van der Waals surface area contributed by atoms with Crippen molar-refractivity contribution in [2.75, 3.05) is 5.32 Å². The second-order valence-corrected chi connectivity index (χ2v) is 4.15. The molecule has 0 amide bonds. The van der Waals surface area contributed by atoms with Crippen LogP contribution in [-0.4, -0.2) is 6.61 Å². The second-order valence-electron chi connectivity index (χ2n) is 4.15. The third-order valence-corrected chi connectivity index (χ3v) is 2.80. The van der Waals surface area contributed by atoms with Crippen LogP contribution in [0.2, 0.25) is 0 Å². The second kappa shape index (κ2) is 6.18. The van der Waals surface area contributed by atoms with E-state index in [1.807, 2.05) is 31.2 Å². The lowest BCUT2D eigenvalue weighted by molar-refractivity contribution is -0.0504.